The van der Waals surface area contributed by atoms with Gasteiger partial charge in [0.05, 0.1) is 10.9 Å². The number of allylic oxidation sites excluding steroid dienone is 1. The molecule has 0 fully saturated rings. The molecule has 132 valence electrons. The number of para-hydroxylation sites is 1. The van der Waals surface area contributed by atoms with Gasteiger partial charge in [0, 0.05) is 22.9 Å². The molecule has 1 amide bonds. The molecule has 2 aromatic carbocycles. The van der Waals surface area contributed by atoms with E-state index in [1.54, 1.807) is 18.4 Å². The second-order valence-electron chi connectivity index (χ2n) is 5.79. The summed E-state index contributed by atoms with van der Waals surface area (Å²) in [6.45, 7) is 0.276. The number of amides is 1. The van der Waals surface area contributed by atoms with Crippen LogP contribution < -0.4 is 20.6 Å². The Labute approximate surface area is 155 Å². The van der Waals surface area contributed by atoms with Gasteiger partial charge in [-0.25, -0.2) is 15.0 Å². The molecule has 0 aliphatic carbocycles. The molecular weight excluding hydrogens is 340 g/mol. The van der Waals surface area contributed by atoms with E-state index < -0.39 is 0 Å². The fourth-order valence-corrected chi connectivity index (χ4v) is 2.68. The van der Waals surface area contributed by atoms with E-state index in [0.717, 1.165) is 21.5 Å². The standard InChI is InChI=1S/C21H16N4O2/c26-20-8-4-12-27-16-9-10-19-17(13-16)21(24-14-23-19)25-18-7-2-1-5-15(18)6-3-11-22-20/h1-11,13-14H,12H2,(H,22,26)/b8-4-,11-3-,15-6-,25-18-. The predicted molar refractivity (Wildman–Crippen MR) is 103 cm³/mol. The number of nitrogens with zero attached hydrogens (tertiary/aromatic N) is 3. The molecule has 1 aliphatic rings. The summed E-state index contributed by atoms with van der Waals surface area (Å²) in [5, 5.41) is 5.15. The highest BCUT2D eigenvalue weighted by Crippen LogP contribution is 2.25. The van der Waals surface area contributed by atoms with Crippen LogP contribution in [-0.4, -0.2) is 22.5 Å². The van der Waals surface area contributed by atoms with E-state index >= 15 is 0 Å². The van der Waals surface area contributed by atoms with Gasteiger partial charge in [0.1, 0.15) is 18.7 Å². The van der Waals surface area contributed by atoms with E-state index in [1.807, 2.05) is 48.5 Å². The predicted octanol–water partition coefficient (Wildman–Crippen LogP) is 1.94. The first-order chi connectivity index (χ1) is 13.3. The minimum Gasteiger partial charge on any atom is -0.490 e. The Morgan fingerprint density at radius 2 is 2.00 bits per heavy atom. The third-order valence-corrected chi connectivity index (χ3v) is 3.96. The first-order valence-corrected chi connectivity index (χ1v) is 8.45. The molecule has 6 heteroatoms. The molecule has 2 heterocycles. The third kappa shape index (κ3) is 3.90. The van der Waals surface area contributed by atoms with E-state index in [-0.39, 0.29) is 12.5 Å². The molecular formula is C21H16N4O2. The van der Waals surface area contributed by atoms with Crippen LogP contribution in [0.2, 0.25) is 0 Å². The number of carbonyl (C=O) groups excluding carboxylic acids is 1. The summed E-state index contributed by atoms with van der Waals surface area (Å²) in [5.41, 5.74) is 0.786. The van der Waals surface area contributed by atoms with Crippen LogP contribution in [0.1, 0.15) is 0 Å². The van der Waals surface area contributed by atoms with Crippen molar-refractivity contribution in [2.75, 3.05) is 6.61 Å². The average Bonchev–Trinajstić information content (AvgIpc) is 2.69. The number of nitrogens with one attached hydrogen (secondary N) is 1. The highest BCUT2D eigenvalue weighted by molar-refractivity contribution is 5.89. The van der Waals surface area contributed by atoms with E-state index in [0.29, 0.717) is 11.6 Å². The summed E-state index contributed by atoms with van der Waals surface area (Å²) in [4.78, 5) is 25.1. The first kappa shape index (κ1) is 16.7. The van der Waals surface area contributed by atoms with Crippen molar-refractivity contribution in [3.63, 3.8) is 0 Å². The van der Waals surface area contributed by atoms with Crippen LogP contribution in [0, 0.1) is 0 Å². The van der Waals surface area contributed by atoms with Gasteiger partial charge in [-0.3, -0.25) is 4.79 Å². The molecule has 0 radical (unpaired) electrons. The molecule has 0 saturated carbocycles. The fraction of sp³-hybridized carbons (Fsp3) is 0.0476. The lowest BCUT2D eigenvalue weighted by Crippen LogP contribution is -2.23. The van der Waals surface area contributed by atoms with Crippen molar-refractivity contribution in [3.05, 3.63) is 83.8 Å². The zero-order chi connectivity index (χ0) is 18.5. The van der Waals surface area contributed by atoms with Gasteiger partial charge in [-0.2, -0.15) is 0 Å². The minimum absolute atomic E-state index is 0.220. The van der Waals surface area contributed by atoms with Crippen molar-refractivity contribution in [2.24, 2.45) is 4.99 Å². The van der Waals surface area contributed by atoms with Crippen molar-refractivity contribution in [2.45, 2.75) is 0 Å². The molecule has 2 bridgehead atoms. The zero-order valence-electron chi connectivity index (χ0n) is 14.4. The Morgan fingerprint density at radius 1 is 1.07 bits per heavy atom. The Bertz CT molecular complexity index is 1180. The smallest absolute Gasteiger partial charge is 0.247 e. The molecule has 1 aliphatic heterocycles. The first-order valence-electron chi connectivity index (χ1n) is 8.45. The SMILES string of the molecule is O=C1/C=C\COc2ccc3ncnc(c3c2)/N=c2/cccc/c2=C/C=C\N1. The second-order valence-corrected chi connectivity index (χ2v) is 5.79. The van der Waals surface area contributed by atoms with Gasteiger partial charge in [0.2, 0.25) is 5.91 Å². The highest BCUT2D eigenvalue weighted by atomic mass is 16.5. The molecule has 0 atom stereocenters. The molecule has 1 aromatic heterocycles. The van der Waals surface area contributed by atoms with E-state index in [4.69, 9.17) is 9.73 Å². The number of hydrogen-bond donors (Lipinski definition) is 1. The highest BCUT2D eigenvalue weighted by Gasteiger charge is 2.05. The lowest BCUT2D eigenvalue weighted by Gasteiger charge is -2.06. The maximum Gasteiger partial charge on any atom is 0.247 e. The van der Waals surface area contributed by atoms with Crippen molar-refractivity contribution in [1.29, 1.82) is 0 Å². The van der Waals surface area contributed by atoms with Crippen LogP contribution >= 0.6 is 0 Å². The fourth-order valence-electron chi connectivity index (χ4n) is 2.68. The van der Waals surface area contributed by atoms with Crippen molar-refractivity contribution >= 4 is 28.7 Å². The number of ether oxygens (including phenoxy) is 1. The largest absolute Gasteiger partial charge is 0.490 e. The Balaban J connectivity index is 1.94. The van der Waals surface area contributed by atoms with Gasteiger partial charge in [-0.1, -0.05) is 24.3 Å². The van der Waals surface area contributed by atoms with E-state index in [1.165, 1.54) is 12.4 Å². The van der Waals surface area contributed by atoms with Crippen molar-refractivity contribution < 1.29 is 9.53 Å². The van der Waals surface area contributed by atoms with Gasteiger partial charge in [-0.05, 0) is 36.4 Å². The molecule has 3 aromatic rings. The second kappa shape index (κ2) is 7.61. The topological polar surface area (TPSA) is 76.5 Å². The van der Waals surface area contributed by atoms with Gasteiger partial charge < -0.3 is 10.1 Å². The Hall–Kier alpha value is -3.80. The molecule has 27 heavy (non-hydrogen) atoms. The molecule has 0 saturated heterocycles. The molecule has 0 spiro atoms. The number of benzene rings is 2. The third-order valence-electron chi connectivity index (χ3n) is 3.96. The lowest BCUT2D eigenvalue weighted by atomic mass is 10.2. The van der Waals surface area contributed by atoms with E-state index in [9.17, 15) is 4.79 Å². The minimum atomic E-state index is -0.220. The van der Waals surface area contributed by atoms with Crippen molar-refractivity contribution in [3.8, 4) is 5.75 Å². The van der Waals surface area contributed by atoms with Crippen LogP contribution in [0.4, 0.5) is 5.82 Å². The van der Waals surface area contributed by atoms with Gasteiger partial charge in [0.25, 0.3) is 0 Å². The Morgan fingerprint density at radius 3 is 2.96 bits per heavy atom. The van der Waals surface area contributed by atoms with Gasteiger partial charge in [-0.15, -0.1) is 0 Å². The molecule has 4 rings (SSSR count). The zero-order valence-corrected chi connectivity index (χ0v) is 14.4. The van der Waals surface area contributed by atoms with Crippen LogP contribution in [-0.2, 0) is 4.79 Å². The monoisotopic (exact) mass is 356 g/mol. The summed E-state index contributed by atoms with van der Waals surface area (Å²) >= 11 is 0. The summed E-state index contributed by atoms with van der Waals surface area (Å²) in [7, 11) is 0. The molecule has 0 unspecified atom stereocenters. The van der Waals surface area contributed by atoms with Gasteiger partial charge in [0.15, 0.2) is 5.82 Å². The number of aromatic nitrogens is 2. The quantitative estimate of drug-likeness (QED) is 0.668. The summed E-state index contributed by atoms with van der Waals surface area (Å²) in [6, 6.07) is 13.3. The maximum atomic E-state index is 11.8. The summed E-state index contributed by atoms with van der Waals surface area (Å²) in [6.07, 6.45) is 9.83. The van der Waals surface area contributed by atoms with Crippen molar-refractivity contribution in [1.82, 2.24) is 15.3 Å². The normalized spacial score (nSPS) is 18.9. The number of rotatable bonds is 0. The van der Waals surface area contributed by atoms with Crippen LogP contribution in [0.15, 0.2) is 78.2 Å². The van der Waals surface area contributed by atoms with Gasteiger partial charge >= 0.3 is 0 Å². The molecule has 6 nitrogen and oxygen atoms in total. The summed E-state index contributed by atoms with van der Waals surface area (Å²) in [5.74, 6) is 1.01. The van der Waals surface area contributed by atoms with E-state index in [2.05, 4.69) is 15.3 Å². The maximum absolute atomic E-state index is 11.8. The van der Waals surface area contributed by atoms with Crippen LogP contribution in [0.25, 0.3) is 17.0 Å². The molecule has 1 N–H and O–H groups in total. The van der Waals surface area contributed by atoms with Crippen LogP contribution in [0.3, 0.4) is 0 Å². The number of fused-ring (bicyclic) bond motifs is 2. The van der Waals surface area contributed by atoms with Crippen LogP contribution in [0.5, 0.6) is 5.75 Å². The Kier molecular flexibility index (Phi) is 4.70. The average molecular weight is 356 g/mol. The number of hydrogen-bond acceptors (Lipinski definition) is 5. The number of carbonyl (C=O) groups is 1. The summed E-state index contributed by atoms with van der Waals surface area (Å²) < 4.78 is 5.70. The lowest BCUT2D eigenvalue weighted by molar-refractivity contribution is -0.115.